The van der Waals surface area contributed by atoms with Gasteiger partial charge in [0.25, 0.3) is 0 Å². The molecule has 1 aliphatic rings. The summed E-state index contributed by atoms with van der Waals surface area (Å²) in [6.07, 6.45) is 3.00. The number of aliphatic hydroxyl groups is 1. The number of rotatable bonds is 11. The van der Waals surface area contributed by atoms with Crippen molar-refractivity contribution in [2.75, 3.05) is 39.6 Å². The summed E-state index contributed by atoms with van der Waals surface area (Å²) in [6, 6.07) is 15.4. The van der Waals surface area contributed by atoms with Gasteiger partial charge in [-0.3, -0.25) is 9.78 Å². The molecule has 0 radical (unpaired) electrons. The standard InChI is InChI=1S/C28H34N2O5S/c1-34-20-8-9-24-22(17-20)21(11-13-29-24)25(31)10-7-19-12-14-30(18-23(19)28(32)33)15-16-36-27-6-4-3-5-26(27)35-2/h3-6,8-9,11,13,17,19,23,25,31H,7,10,12,14-16,18H2,1-2H3,(H,32,33)/t19-,23+,25-/m1/s1. The number of carboxylic acids is 1. The number of para-hydroxylation sites is 1. The summed E-state index contributed by atoms with van der Waals surface area (Å²) in [7, 11) is 3.29. The molecule has 8 heteroatoms. The van der Waals surface area contributed by atoms with Crippen LogP contribution in [0.15, 0.2) is 59.6 Å². The summed E-state index contributed by atoms with van der Waals surface area (Å²) in [5, 5.41) is 21.8. The van der Waals surface area contributed by atoms with Gasteiger partial charge in [-0.05, 0) is 73.7 Å². The molecule has 1 aromatic heterocycles. The maximum absolute atomic E-state index is 12.1. The number of likely N-dealkylation sites (tertiary alicyclic amines) is 1. The van der Waals surface area contributed by atoms with Gasteiger partial charge in [0.2, 0.25) is 0 Å². The highest BCUT2D eigenvalue weighted by atomic mass is 32.2. The summed E-state index contributed by atoms with van der Waals surface area (Å²) in [4.78, 5) is 19.8. The Hall–Kier alpha value is -2.81. The Morgan fingerprint density at radius 2 is 2.03 bits per heavy atom. The van der Waals surface area contributed by atoms with Crippen molar-refractivity contribution >= 4 is 28.6 Å². The molecule has 2 N–H and O–H groups in total. The lowest BCUT2D eigenvalue weighted by Gasteiger charge is -2.37. The topological polar surface area (TPSA) is 92.1 Å². The quantitative estimate of drug-likeness (QED) is 0.353. The highest BCUT2D eigenvalue weighted by molar-refractivity contribution is 7.99. The number of hydrogen-bond donors (Lipinski definition) is 2. The van der Waals surface area contributed by atoms with E-state index in [1.165, 1.54) is 0 Å². The zero-order chi connectivity index (χ0) is 25.5. The van der Waals surface area contributed by atoms with Crippen LogP contribution in [-0.2, 0) is 4.79 Å². The van der Waals surface area contributed by atoms with Crippen LogP contribution in [0.1, 0.15) is 30.9 Å². The third-order valence-electron chi connectivity index (χ3n) is 7.04. The largest absolute Gasteiger partial charge is 0.497 e. The highest BCUT2D eigenvalue weighted by Crippen LogP contribution is 2.34. The number of methoxy groups -OCH3 is 2. The molecule has 0 spiro atoms. The summed E-state index contributed by atoms with van der Waals surface area (Å²) < 4.78 is 10.8. The number of aliphatic carboxylic acids is 1. The minimum atomic E-state index is -0.754. The number of piperidine rings is 1. The molecule has 1 saturated heterocycles. The van der Waals surface area contributed by atoms with Crippen molar-refractivity contribution in [3.05, 3.63) is 60.3 Å². The molecular weight excluding hydrogens is 476 g/mol. The van der Waals surface area contributed by atoms with Gasteiger partial charge < -0.3 is 24.6 Å². The number of carboxylic acid groups (broad SMARTS) is 1. The van der Waals surface area contributed by atoms with E-state index in [2.05, 4.69) is 9.88 Å². The maximum Gasteiger partial charge on any atom is 0.308 e. The van der Waals surface area contributed by atoms with Crippen molar-refractivity contribution in [3.63, 3.8) is 0 Å². The summed E-state index contributed by atoms with van der Waals surface area (Å²) in [6.45, 7) is 2.23. The van der Waals surface area contributed by atoms with E-state index in [0.29, 0.717) is 25.1 Å². The number of aliphatic hydroxyl groups excluding tert-OH is 1. The molecule has 0 amide bonds. The highest BCUT2D eigenvalue weighted by Gasteiger charge is 2.34. The van der Waals surface area contributed by atoms with Crippen LogP contribution in [-0.4, -0.2) is 65.7 Å². The molecule has 7 nitrogen and oxygen atoms in total. The first kappa shape index (κ1) is 26.3. The second-order valence-electron chi connectivity index (χ2n) is 9.17. The van der Waals surface area contributed by atoms with Crippen LogP contribution in [0.4, 0.5) is 0 Å². The number of thioether (sulfide) groups is 1. The van der Waals surface area contributed by atoms with Crippen LogP contribution in [0, 0.1) is 11.8 Å². The molecular formula is C28H34N2O5S. The van der Waals surface area contributed by atoms with Crippen LogP contribution in [0.25, 0.3) is 10.9 Å². The fraction of sp³-hybridized carbons (Fsp3) is 0.429. The molecule has 2 aromatic carbocycles. The van der Waals surface area contributed by atoms with Crippen molar-refractivity contribution in [2.24, 2.45) is 11.8 Å². The van der Waals surface area contributed by atoms with Gasteiger partial charge in [-0.1, -0.05) is 12.1 Å². The van der Waals surface area contributed by atoms with E-state index in [9.17, 15) is 15.0 Å². The second kappa shape index (κ2) is 12.4. The average Bonchev–Trinajstić information content (AvgIpc) is 2.91. The molecule has 2 heterocycles. The van der Waals surface area contributed by atoms with Crippen LogP contribution >= 0.6 is 11.8 Å². The maximum atomic E-state index is 12.1. The first-order valence-corrected chi connectivity index (χ1v) is 13.3. The number of ether oxygens (including phenoxy) is 2. The van der Waals surface area contributed by atoms with Gasteiger partial charge in [-0.15, -0.1) is 11.8 Å². The van der Waals surface area contributed by atoms with Gasteiger partial charge in [0.05, 0.1) is 31.8 Å². The van der Waals surface area contributed by atoms with Crippen LogP contribution in [0.2, 0.25) is 0 Å². The van der Waals surface area contributed by atoms with Crippen molar-refractivity contribution < 1.29 is 24.5 Å². The van der Waals surface area contributed by atoms with Crippen LogP contribution < -0.4 is 9.47 Å². The number of carbonyl (C=O) groups is 1. The third kappa shape index (κ3) is 6.30. The first-order chi connectivity index (χ1) is 17.5. The molecule has 0 unspecified atom stereocenters. The molecule has 36 heavy (non-hydrogen) atoms. The van der Waals surface area contributed by atoms with Crippen molar-refractivity contribution in [1.82, 2.24) is 9.88 Å². The molecule has 4 rings (SSSR count). The van der Waals surface area contributed by atoms with E-state index in [0.717, 1.165) is 52.4 Å². The Bertz CT molecular complexity index is 1170. The van der Waals surface area contributed by atoms with Crippen molar-refractivity contribution in [1.29, 1.82) is 0 Å². The Morgan fingerprint density at radius 1 is 1.19 bits per heavy atom. The number of fused-ring (bicyclic) bond motifs is 1. The van der Waals surface area contributed by atoms with E-state index < -0.39 is 18.0 Å². The van der Waals surface area contributed by atoms with Gasteiger partial charge in [0.15, 0.2) is 0 Å². The normalized spacial score (nSPS) is 19.2. The zero-order valence-electron chi connectivity index (χ0n) is 20.8. The number of pyridine rings is 1. The molecule has 0 aliphatic carbocycles. The average molecular weight is 511 g/mol. The summed E-state index contributed by atoms with van der Waals surface area (Å²) in [5.41, 5.74) is 1.60. The van der Waals surface area contributed by atoms with Gasteiger partial charge in [0, 0.05) is 35.3 Å². The lowest BCUT2D eigenvalue weighted by Crippen LogP contribution is -2.44. The van der Waals surface area contributed by atoms with Crippen LogP contribution in [0.5, 0.6) is 11.5 Å². The molecule has 3 atom stereocenters. The third-order valence-corrected chi connectivity index (χ3v) is 8.08. The number of aromatic nitrogens is 1. The van der Waals surface area contributed by atoms with E-state index in [4.69, 9.17) is 9.47 Å². The molecule has 3 aromatic rings. The SMILES string of the molecule is COc1ccc2nccc([C@H](O)CC[C@@H]3CCN(CCSc4ccccc4OC)C[C@@H]3C(=O)O)c2c1. The number of nitrogens with zero attached hydrogens (tertiary/aromatic N) is 2. The van der Waals surface area contributed by atoms with E-state index in [-0.39, 0.29) is 5.92 Å². The lowest BCUT2D eigenvalue weighted by atomic mass is 9.81. The molecule has 192 valence electrons. The van der Waals surface area contributed by atoms with Gasteiger partial charge >= 0.3 is 5.97 Å². The minimum Gasteiger partial charge on any atom is -0.497 e. The zero-order valence-corrected chi connectivity index (χ0v) is 21.6. The Labute approximate surface area is 216 Å². The summed E-state index contributed by atoms with van der Waals surface area (Å²) >= 11 is 1.73. The fourth-order valence-corrected chi connectivity index (χ4v) is 6.05. The smallest absolute Gasteiger partial charge is 0.308 e. The summed E-state index contributed by atoms with van der Waals surface area (Å²) in [5.74, 6) is 1.30. The van der Waals surface area contributed by atoms with Gasteiger partial charge in [0.1, 0.15) is 11.5 Å². The Kier molecular flexibility index (Phi) is 9.07. The van der Waals surface area contributed by atoms with Crippen LogP contribution in [0.3, 0.4) is 0 Å². The molecule has 0 saturated carbocycles. The van der Waals surface area contributed by atoms with E-state index in [1.54, 1.807) is 32.2 Å². The lowest BCUT2D eigenvalue weighted by molar-refractivity contribution is -0.146. The van der Waals surface area contributed by atoms with Crippen molar-refractivity contribution in [3.8, 4) is 11.5 Å². The van der Waals surface area contributed by atoms with Crippen molar-refractivity contribution in [2.45, 2.75) is 30.3 Å². The predicted octanol–water partition coefficient (Wildman–Crippen LogP) is 4.88. The Morgan fingerprint density at radius 3 is 2.81 bits per heavy atom. The Balaban J connectivity index is 1.33. The van der Waals surface area contributed by atoms with Gasteiger partial charge in [-0.25, -0.2) is 0 Å². The molecule has 1 aliphatic heterocycles. The molecule has 0 bridgehead atoms. The number of benzene rings is 2. The van der Waals surface area contributed by atoms with E-state index >= 15 is 0 Å². The van der Waals surface area contributed by atoms with E-state index in [1.807, 2.05) is 48.5 Å². The minimum absolute atomic E-state index is 0.0397. The monoisotopic (exact) mass is 510 g/mol. The predicted molar refractivity (Wildman–Crippen MR) is 142 cm³/mol. The first-order valence-electron chi connectivity index (χ1n) is 12.3. The molecule has 1 fully saturated rings. The number of hydrogen-bond acceptors (Lipinski definition) is 7. The fourth-order valence-electron chi connectivity index (χ4n) is 5.01. The second-order valence-corrected chi connectivity index (χ2v) is 10.3. The van der Waals surface area contributed by atoms with Gasteiger partial charge in [-0.2, -0.15) is 0 Å².